The average Bonchev–Trinajstić information content (AvgIpc) is 3.17. The molecule has 0 atom stereocenters. The quantitative estimate of drug-likeness (QED) is 0.841. The fourth-order valence-electron chi connectivity index (χ4n) is 2.17. The Bertz CT molecular complexity index is 393. The molecule has 1 fully saturated rings. The van der Waals surface area contributed by atoms with Gasteiger partial charge in [0.25, 0.3) is 0 Å². The van der Waals surface area contributed by atoms with Crippen molar-refractivity contribution in [3.05, 3.63) is 28.2 Å². The number of rotatable bonds is 7. The number of methoxy groups -OCH3 is 1. The highest BCUT2D eigenvalue weighted by Gasteiger charge is 2.29. The van der Waals surface area contributed by atoms with Gasteiger partial charge in [-0.05, 0) is 43.5 Å². The Kier molecular flexibility index (Phi) is 5.03. The van der Waals surface area contributed by atoms with Crippen molar-refractivity contribution in [2.75, 3.05) is 31.7 Å². The predicted octanol–water partition coefficient (Wildman–Crippen LogP) is 2.57. The zero-order valence-electron chi connectivity index (χ0n) is 10.9. The molecule has 0 bridgehead atoms. The minimum Gasteiger partial charge on any atom is -0.383 e. The second-order valence-electron chi connectivity index (χ2n) is 4.73. The Morgan fingerprint density at radius 3 is 2.78 bits per heavy atom. The molecule has 1 saturated carbocycles. The lowest BCUT2D eigenvalue weighted by Crippen LogP contribution is -2.29. The molecular weight excluding hydrogens is 292 g/mol. The van der Waals surface area contributed by atoms with Gasteiger partial charge in [-0.1, -0.05) is 22.0 Å². The van der Waals surface area contributed by atoms with Gasteiger partial charge in [0.05, 0.1) is 6.61 Å². The van der Waals surface area contributed by atoms with Crippen LogP contribution in [0, 0.1) is 0 Å². The van der Waals surface area contributed by atoms with Crippen LogP contribution in [0.2, 0.25) is 0 Å². The Labute approximate surface area is 117 Å². The maximum atomic E-state index is 5.60. The Morgan fingerprint density at radius 1 is 1.44 bits per heavy atom. The SMILES string of the molecule is COCCN(c1ccc(CCN)c(Br)c1)C1CC1. The van der Waals surface area contributed by atoms with Gasteiger partial charge in [-0.15, -0.1) is 0 Å². The largest absolute Gasteiger partial charge is 0.383 e. The van der Waals surface area contributed by atoms with E-state index in [4.69, 9.17) is 10.5 Å². The normalized spacial score (nSPS) is 14.8. The first-order valence-electron chi connectivity index (χ1n) is 6.50. The van der Waals surface area contributed by atoms with E-state index in [1.165, 1.54) is 24.1 Å². The first-order chi connectivity index (χ1) is 8.76. The van der Waals surface area contributed by atoms with Crippen LogP contribution in [0.25, 0.3) is 0 Å². The van der Waals surface area contributed by atoms with Crippen LogP contribution in [-0.4, -0.2) is 32.8 Å². The lowest BCUT2D eigenvalue weighted by molar-refractivity contribution is 0.205. The van der Waals surface area contributed by atoms with Gasteiger partial charge in [0.1, 0.15) is 0 Å². The van der Waals surface area contributed by atoms with Crippen molar-refractivity contribution in [1.82, 2.24) is 0 Å². The number of nitrogens with two attached hydrogens (primary N) is 1. The van der Waals surface area contributed by atoms with Gasteiger partial charge in [-0.3, -0.25) is 0 Å². The third-order valence-corrected chi connectivity index (χ3v) is 4.04. The lowest BCUT2D eigenvalue weighted by Gasteiger charge is -2.25. The molecule has 0 aromatic heterocycles. The van der Waals surface area contributed by atoms with Crippen LogP contribution in [0.3, 0.4) is 0 Å². The third kappa shape index (κ3) is 3.46. The molecule has 18 heavy (non-hydrogen) atoms. The summed E-state index contributed by atoms with van der Waals surface area (Å²) in [5.41, 5.74) is 8.16. The summed E-state index contributed by atoms with van der Waals surface area (Å²) < 4.78 is 6.36. The van der Waals surface area contributed by atoms with Crippen LogP contribution >= 0.6 is 15.9 Å². The second-order valence-corrected chi connectivity index (χ2v) is 5.59. The van der Waals surface area contributed by atoms with Crippen molar-refractivity contribution < 1.29 is 4.74 Å². The number of halogens is 1. The minimum absolute atomic E-state index is 0.688. The number of benzene rings is 1. The summed E-state index contributed by atoms with van der Waals surface area (Å²) in [4.78, 5) is 2.44. The summed E-state index contributed by atoms with van der Waals surface area (Å²) >= 11 is 3.64. The Hall–Kier alpha value is -0.580. The van der Waals surface area contributed by atoms with Gasteiger partial charge in [-0.2, -0.15) is 0 Å². The predicted molar refractivity (Wildman–Crippen MR) is 79.1 cm³/mol. The second kappa shape index (κ2) is 6.55. The molecular formula is C14H21BrN2O. The molecule has 0 heterocycles. The molecule has 1 aliphatic carbocycles. The van der Waals surface area contributed by atoms with Crippen LogP contribution in [0.5, 0.6) is 0 Å². The summed E-state index contributed by atoms with van der Waals surface area (Å²) in [6.45, 7) is 2.43. The van der Waals surface area contributed by atoms with Crippen molar-refractivity contribution in [3.63, 3.8) is 0 Å². The molecule has 0 saturated heterocycles. The van der Waals surface area contributed by atoms with Gasteiger partial charge in [0.2, 0.25) is 0 Å². The van der Waals surface area contributed by atoms with Gasteiger partial charge in [0, 0.05) is 29.9 Å². The van der Waals surface area contributed by atoms with Crippen molar-refractivity contribution in [1.29, 1.82) is 0 Å². The highest BCUT2D eigenvalue weighted by Crippen LogP contribution is 2.33. The van der Waals surface area contributed by atoms with E-state index in [1.54, 1.807) is 7.11 Å². The summed E-state index contributed by atoms with van der Waals surface area (Å²) in [5, 5.41) is 0. The van der Waals surface area contributed by atoms with Crippen LogP contribution in [0.4, 0.5) is 5.69 Å². The van der Waals surface area contributed by atoms with Gasteiger partial charge < -0.3 is 15.4 Å². The van der Waals surface area contributed by atoms with Crippen molar-refractivity contribution in [2.45, 2.75) is 25.3 Å². The monoisotopic (exact) mass is 312 g/mol. The molecule has 1 aliphatic rings. The molecule has 0 spiro atoms. The first kappa shape index (κ1) is 13.8. The third-order valence-electron chi connectivity index (χ3n) is 3.31. The smallest absolute Gasteiger partial charge is 0.0637 e. The zero-order chi connectivity index (χ0) is 13.0. The molecule has 0 aliphatic heterocycles. The minimum atomic E-state index is 0.688. The number of nitrogens with zero attached hydrogens (tertiary/aromatic N) is 1. The number of ether oxygens (including phenoxy) is 1. The van der Waals surface area contributed by atoms with Crippen molar-refractivity contribution >= 4 is 21.6 Å². The van der Waals surface area contributed by atoms with Crippen LogP contribution in [0.1, 0.15) is 18.4 Å². The van der Waals surface area contributed by atoms with Crippen LogP contribution < -0.4 is 10.6 Å². The molecule has 0 amide bonds. The van der Waals surface area contributed by atoms with E-state index < -0.39 is 0 Å². The summed E-state index contributed by atoms with van der Waals surface area (Å²) in [6, 6.07) is 7.28. The summed E-state index contributed by atoms with van der Waals surface area (Å²) in [7, 11) is 1.76. The van der Waals surface area contributed by atoms with E-state index in [9.17, 15) is 0 Å². The fraction of sp³-hybridized carbons (Fsp3) is 0.571. The Balaban J connectivity index is 2.12. The van der Waals surface area contributed by atoms with E-state index in [-0.39, 0.29) is 0 Å². The van der Waals surface area contributed by atoms with E-state index in [0.29, 0.717) is 12.6 Å². The highest BCUT2D eigenvalue weighted by molar-refractivity contribution is 9.10. The molecule has 3 nitrogen and oxygen atoms in total. The first-order valence-corrected chi connectivity index (χ1v) is 7.29. The standard InChI is InChI=1S/C14H21BrN2O/c1-18-9-8-17(12-4-5-12)13-3-2-11(6-7-16)14(15)10-13/h2-3,10,12H,4-9,16H2,1H3. The molecule has 100 valence electrons. The molecule has 1 aromatic carbocycles. The molecule has 2 rings (SSSR count). The molecule has 4 heteroatoms. The highest BCUT2D eigenvalue weighted by atomic mass is 79.9. The molecule has 0 radical (unpaired) electrons. The van der Waals surface area contributed by atoms with E-state index in [0.717, 1.165) is 24.0 Å². The van der Waals surface area contributed by atoms with Crippen LogP contribution in [0.15, 0.2) is 22.7 Å². The van der Waals surface area contributed by atoms with E-state index >= 15 is 0 Å². The van der Waals surface area contributed by atoms with E-state index in [2.05, 4.69) is 39.0 Å². The van der Waals surface area contributed by atoms with E-state index in [1.807, 2.05) is 0 Å². The summed E-state index contributed by atoms with van der Waals surface area (Å²) in [5.74, 6) is 0. The molecule has 2 N–H and O–H groups in total. The lowest BCUT2D eigenvalue weighted by atomic mass is 10.1. The zero-order valence-corrected chi connectivity index (χ0v) is 12.4. The van der Waals surface area contributed by atoms with Crippen molar-refractivity contribution in [2.24, 2.45) is 5.73 Å². The maximum absolute atomic E-state index is 5.60. The van der Waals surface area contributed by atoms with Gasteiger partial charge in [-0.25, -0.2) is 0 Å². The average molecular weight is 313 g/mol. The van der Waals surface area contributed by atoms with Gasteiger partial charge in [0.15, 0.2) is 0 Å². The number of hydrogen-bond donors (Lipinski definition) is 1. The maximum Gasteiger partial charge on any atom is 0.0637 e. The van der Waals surface area contributed by atoms with Crippen LogP contribution in [-0.2, 0) is 11.2 Å². The number of hydrogen-bond acceptors (Lipinski definition) is 3. The topological polar surface area (TPSA) is 38.5 Å². The molecule has 0 unspecified atom stereocenters. The van der Waals surface area contributed by atoms with Crippen molar-refractivity contribution in [3.8, 4) is 0 Å². The van der Waals surface area contributed by atoms with Gasteiger partial charge >= 0.3 is 0 Å². The fourth-order valence-corrected chi connectivity index (χ4v) is 2.74. The summed E-state index contributed by atoms with van der Waals surface area (Å²) in [6.07, 6.45) is 3.51. The Morgan fingerprint density at radius 2 is 2.22 bits per heavy atom. The number of anilines is 1. The molecule has 1 aromatic rings.